The van der Waals surface area contributed by atoms with Crippen LogP contribution in [0.2, 0.25) is 0 Å². The van der Waals surface area contributed by atoms with Crippen molar-refractivity contribution in [1.82, 2.24) is 0 Å². The first kappa shape index (κ1) is 23.3. The van der Waals surface area contributed by atoms with Crippen LogP contribution in [-0.2, 0) is 22.5 Å². The summed E-state index contributed by atoms with van der Waals surface area (Å²) in [5.41, 5.74) is 2.11. The second-order valence-electron chi connectivity index (χ2n) is 9.57. The highest BCUT2D eigenvalue weighted by molar-refractivity contribution is 5.25. The van der Waals surface area contributed by atoms with E-state index in [0.29, 0.717) is 44.0 Å². The van der Waals surface area contributed by atoms with Gasteiger partial charge in [0.15, 0.2) is 0 Å². The molecule has 4 heteroatoms. The quantitative estimate of drug-likeness (QED) is 0.416. The highest BCUT2D eigenvalue weighted by Crippen LogP contribution is 2.44. The topological polar surface area (TPSA) is 58.9 Å². The van der Waals surface area contributed by atoms with E-state index < -0.39 is 0 Å². The molecule has 6 atom stereocenters. The van der Waals surface area contributed by atoms with Gasteiger partial charge in [-0.2, -0.15) is 0 Å². The summed E-state index contributed by atoms with van der Waals surface area (Å²) in [4.78, 5) is 0. The first-order valence-corrected chi connectivity index (χ1v) is 11.8. The van der Waals surface area contributed by atoms with Crippen molar-refractivity contribution in [3.8, 4) is 0 Å². The van der Waals surface area contributed by atoms with Crippen molar-refractivity contribution in [3.05, 3.63) is 47.7 Å². The second kappa shape index (κ2) is 11.3. The Labute approximate surface area is 182 Å². The highest BCUT2D eigenvalue weighted by Gasteiger charge is 2.39. The van der Waals surface area contributed by atoms with E-state index in [9.17, 15) is 10.2 Å². The van der Waals surface area contributed by atoms with E-state index in [0.717, 1.165) is 23.7 Å². The molecule has 2 unspecified atom stereocenters. The van der Waals surface area contributed by atoms with Crippen LogP contribution < -0.4 is 0 Å². The van der Waals surface area contributed by atoms with Gasteiger partial charge in [-0.3, -0.25) is 0 Å². The summed E-state index contributed by atoms with van der Waals surface area (Å²) < 4.78 is 11.9. The van der Waals surface area contributed by atoms with E-state index in [4.69, 9.17) is 9.47 Å². The average Bonchev–Trinajstić information content (AvgIpc) is 2.92. The molecule has 1 heterocycles. The molecule has 1 aliphatic carbocycles. The van der Waals surface area contributed by atoms with Gasteiger partial charge in [0.2, 0.25) is 0 Å². The zero-order chi connectivity index (χ0) is 21.5. The maximum absolute atomic E-state index is 10.9. The molecular weight excluding hydrogens is 376 g/mol. The molecule has 0 bridgehead atoms. The molecule has 30 heavy (non-hydrogen) atoms. The fourth-order valence-electron chi connectivity index (χ4n) is 5.48. The fraction of sp³-hybridized carbons (Fsp3) is 0.692. The van der Waals surface area contributed by atoms with E-state index in [1.54, 1.807) is 0 Å². The predicted molar refractivity (Wildman–Crippen MR) is 120 cm³/mol. The summed E-state index contributed by atoms with van der Waals surface area (Å²) in [6, 6.07) is 8.02. The number of hydrogen-bond acceptors (Lipinski definition) is 4. The molecule has 0 radical (unpaired) electrons. The lowest BCUT2D eigenvalue weighted by Crippen LogP contribution is -2.39. The SMILES string of the molecule is C=C(O)Cc1cccc(COCC[C@@H](O)[C@H](C)[C@@H]2CCC[C@@H]3CCC(C)OCC32)c1. The Balaban J connectivity index is 1.45. The fourth-order valence-corrected chi connectivity index (χ4v) is 5.48. The molecule has 2 N–H and O–H groups in total. The Morgan fingerprint density at radius 3 is 2.83 bits per heavy atom. The number of allylic oxidation sites excluding steroid dienone is 1. The molecule has 3 rings (SSSR count). The van der Waals surface area contributed by atoms with Gasteiger partial charge < -0.3 is 19.7 Å². The minimum atomic E-state index is -0.335. The van der Waals surface area contributed by atoms with Crippen LogP contribution in [0.1, 0.15) is 63.5 Å². The summed E-state index contributed by atoms with van der Waals surface area (Å²) in [5.74, 6) is 2.36. The van der Waals surface area contributed by atoms with Crippen LogP contribution in [0.15, 0.2) is 36.6 Å². The van der Waals surface area contributed by atoms with Gasteiger partial charge in [0, 0.05) is 13.0 Å². The third-order valence-electron chi connectivity index (χ3n) is 7.29. The molecule has 0 amide bonds. The van der Waals surface area contributed by atoms with Crippen LogP contribution >= 0.6 is 0 Å². The van der Waals surface area contributed by atoms with E-state index in [1.165, 1.54) is 32.1 Å². The predicted octanol–water partition coefficient (Wildman–Crippen LogP) is 5.44. The molecule has 2 fully saturated rings. The third kappa shape index (κ3) is 6.57. The van der Waals surface area contributed by atoms with Crippen molar-refractivity contribution < 1.29 is 19.7 Å². The van der Waals surface area contributed by atoms with E-state index >= 15 is 0 Å². The number of aliphatic hydroxyl groups excluding tert-OH is 2. The minimum Gasteiger partial charge on any atom is -0.513 e. The maximum Gasteiger partial charge on any atom is 0.0894 e. The van der Waals surface area contributed by atoms with Gasteiger partial charge in [0.05, 0.1) is 31.2 Å². The Hall–Kier alpha value is -1.36. The number of fused-ring (bicyclic) bond motifs is 1. The largest absolute Gasteiger partial charge is 0.513 e. The summed E-state index contributed by atoms with van der Waals surface area (Å²) in [6.45, 7) is 9.90. The van der Waals surface area contributed by atoms with Crippen LogP contribution in [0.5, 0.6) is 0 Å². The normalized spacial score (nSPS) is 28.9. The molecule has 1 saturated carbocycles. The Morgan fingerprint density at radius 1 is 1.23 bits per heavy atom. The van der Waals surface area contributed by atoms with E-state index in [1.807, 2.05) is 24.3 Å². The molecular formula is C26H40O4. The lowest BCUT2D eigenvalue weighted by Gasteiger charge is -2.41. The third-order valence-corrected chi connectivity index (χ3v) is 7.29. The molecule has 4 nitrogen and oxygen atoms in total. The van der Waals surface area contributed by atoms with Gasteiger partial charge in [0.25, 0.3) is 0 Å². The van der Waals surface area contributed by atoms with Gasteiger partial charge >= 0.3 is 0 Å². The molecule has 1 aromatic rings. The molecule has 168 valence electrons. The summed E-state index contributed by atoms with van der Waals surface area (Å²) in [7, 11) is 0. The van der Waals surface area contributed by atoms with Crippen molar-refractivity contribution in [2.45, 2.75) is 77.6 Å². The average molecular weight is 417 g/mol. The second-order valence-corrected chi connectivity index (χ2v) is 9.57. The van der Waals surface area contributed by atoms with Crippen molar-refractivity contribution in [2.24, 2.45) is 23.7 Å². The molecule has 1 saturated heterocycles. The number of aliphatic hydroxyl groups is 2. The Bertz CT molecular complexity index is 673. The molecule has 0 aromatic heterocycles. The lowest BCUT2D eigenvalue weighted by atomic mass is 9.65. The van der Waals surface area contributed by atoms with Gasteiger partial charge in [-0.25, -0.2) is 0 Å². The van der Waals surface area contributed by atoms with Crippen LogP contribution in [0.4, 0.5) is 0 Å². The molecule has 2 aliphatic rings. The first-order chi connectivity index (χ1) is 14.4. The highest BCUT2D eigenvalue weighted by atomic mass is 16.5. The number of benzene rings is 1. The lowest BCUT2D eigenvalue weighted by molar-refractivity contribution is -0.0295. The zero-order valence-electron chi connectivity index (χ0n) is 18.8. The standard InChI is InChI=1S/C26H40O4/c1-18(27)14-21-6-4-7-22(15-21)16-29-13-12-26(28)20(3)24-9-5-8-23-11-10-19(2)30-17-25(23)24/h4,6-7,15,19-20,23-28H,1,5,8-14,16-17H2,2-3H3/t19?,20-,23-,24+,25?,26-/m1/s1. The number of ether oxygens (including phenoxy) is 2. The summed E-state index contributed by atoms with van der Waals surface area (Å²) >= 11 is 0. The summed E-state index contributed by atoms with van der Waals surface area (Å²) in [6.07, 6.45) is 7.44. The van der Waals surface area contributed by atoms with Crippen molar-refractivity contribution in [2.75, 3.05) is 13.2 Å². The van der Waals surface area contributed by atoms with E-state index in [2.05, 4.69) is 20.4 Å². The zero-order valence-corrected chi connectivity index (χ0v) is 18.8. The molecule has 1 aromatic carbocycles. The Morgan fingerprint density at radius 2 is 2.03 bits per heavy atom. The van der Waals surface area contributed by atoms with Crippen molar-refractivity contribution in [3.63, 3.8) is 0 Å². The van der Waals surface area contributed by atoms with Crippen LogP contribution in [0.25, 0.3) is 0 Å². The smallest absolute Gasteiger partial charge is 0.0894 e. The van der Waals surface area contributed by atoms with Gasteiger partial charge in [-0.15, -0.1) is 0 Å². The van der Waals surface area contributed by atoms with Crippen LogP contribution in [0.3, 0.4) is 0 Å². The number of hydrogen-bond donors (Lipinski definition) is 2. The monoisotopic (exact) mass is 416 g/mol. The Kier molecular flexibility index (Phi) is 8.79. The first-order valence-electron chi connectivity index (χ1n) is 11.8. The van der Waals surface area contributed by atoms with Crippen LogP contribution in [-0.4, -0.2) is 35.6 Å². The van der Waals surface area contributed by atoms with Crippen LogP contribution in [0, 0.1) is 23.7 Å². The molecule has 1 aliphatic heterocycles. The minimum absolute atomic E-state index is 0.170. The van der Waals surface area contributed by atoms with Gasteiger partial charge in [0.1, 0.15) is 0 Å². The van der Waals surface area contributed by atoms with Gasteiger partial charge in [-0.05, 0) is 67.4 Å². The maximum atomic E-state index is 10.9. The van der Waals surface area contributed by atoms with Gasteiger partial charge in [-0.1, -0.05) is 50.6 Å². The summed E-state index contributed by atoms with van der Waals surface area (Å²) in [5, 5.41) is 20.2. The number of rotatable bonds is 9. The van der Waals surface area contributed by atoms with Crippen molar-refractivity contribution >= 4 is 0 Å². The van der Waals surface area contributed by atoms with E-state index in [-0.39, 0.29) is 17.8 Å². The molecule has 0 spiro atoms. The van der Waals surface area contributed by atoms with Crippen molar-refractivity contribution in [1.29, 1.82) is 0 Å².